The zero-order valence-electron chi connectivity index (χ0n) is 13.5. The SMILES string of the molecule is COc1ccc2[nH]c(CCCNCCN)c(OC)c2c1OC. The number of benzene rings is 1. The second kappa shape index (κ2) is 7.91. The van der Waals surface area contributed by atoms with E-state index in [1.165, 1.54) is 0 Å². The van der Waals surface area contributed by atoms with Crippen LogP contribution in [0.1, 0.15) is 12.1 Å². The maximum Gasteiger partial charge on any atom is 0.173 e. The first-order chi connectivity index (χ1) is 10.8. The summed E-state index contributed by atoms with van der Waals surface area (Å²) in [6, 6.07) is 3.87. The van der Waals surface area contributed by atoms with Crippen LogP contribution in [0.15, 0.2) is 12.1 Å². The number of rotatable bonds is 9. The molecule has 0 saturated heterocycles. The van der Waals surface area contributed by atoms with E-state index in [-0.39, 0.29) is 0 Å². The van der Waals surface area contributed by atoms with Gasteiger partial charge in [0.2, 0.25) is 0 Å². The van der Waals surface area contributed by atoms with E-state index in [1.807, 2.05) is 12.1 Å². The van der Waals surface area contributed by atoms with Crippen LogP contribution in [0.25, 0.3) is 10.9 Å². The van der Waals surface area contributed by atoms with E-state index in [0.717, 1.165) is 48.3 Å². The normalized spacial score (nSPS) is 10.9. The largest absolute Gasteiger partial charge is 0.494 e. The molecule has 1 aromatic heterocycles. The number of aryl methyl sites for hydroxylation is 1. The van der Waals surface area contributed by atoms with Gasteiger partial charge in [0.05, 0.1) is 37.9 Å². The molecule has 0 atom stereocenters. The van der Waals surface area contributed by atoms with Gasteiger partial charge < -0.3 is 30.2 Å². The van der Waals surface area contributed by atoms with Gasteiger partial charge in [-0.1, -0.05) is 0 Å². The standard InChI is InChI=1S/C16H25N3O3/c1-20-13-7-6-11-14(16(13)22-3)15(21-2)12(19-11)5-4-9-18-10-8-17/h6-7,18-19H,4-5,8-10,17H2,1-3H3. The molecule has 0 fully saturated rings. The Kier molecular flexibility index (Phi) is 5.91. The molecule has 0 saturated carbocycles. The molecular weight excluding hydrogens is 282 g/mol. The number of aromatic amines is 1. The Morgan fingerprint density at radius 3 is 2.45 bits per heavy atom. The summed E-state index contributed by atoms with van der Waals surface area (Å²) in [5.41, 5.74) is 7.52. The second-order valence-corrected chi connectivity index (χ2v) is 5.00. The van der Waals surface area contributed by atoms with Crippen molar-refractivity contribution in [3.63, 3.8) is 0 Å². The minimum atomic E-state index is 0.659. The highest BCUT2D eigenvalue weighted by atomic mass is 16.5. The first-order valence-corrected chi connectivity index (χ1v) is 7.47. The third kappa shape index (κ3) is 3.28. The molecule has 22 heavy (non-hydrogen) atoms. The second-order valence-electron chi connectivity index (χ2n) is 5.00. The predicted molar refractivity (Wildman–Crippen MR) is 88.2 cm³/mol. The van der Waals surface area contributed by atoms with E-state index in [2.05, 4.69) is 10.3 Å². The molecule has 1 heterocycles. The highest BCUT2D eigenvalue weighted by molar-refractivity contribution is 5.95. The summed E-state index contributed by atoms with van der Waals surface area (Å²) in [4.78, 5) is 3.42. The van der Waals surface area contributed by atoms with Crippen molar-refractivity contribution in [3.05, 3.63) is 17.8 Å². The molecule has 0 bridgehead atoms. The quantitative estimate of drug-likeness (QED) is 0.614. The Labute approximate surface area is 130 Å². The van der Waals surface area contributed by atoms with Gasteiger partial charge in [-0.3, -0.25) is 0 Å². The Balaban J connectivity index is 2.28. The van der Waals surface area contributed by atoms with E-state index in [9.17, 15) is 0 Å². The van der Waals surface area contributed by atoms with Crippen molar-refractivity contribution < 1.29 is 14.2 Å². The summed E-state index contributed by atoms with van der Waals surface area (Å²) in [6.45, 7) is 2.43. The lowest BCUT2D eigenvalue weighted by Crippen LogP contribution is -2.23. The lowest BCUT2D eigenvalue weighted by molar-refractivity contribution is 0.356. The van der Waals surface area contributed by atoms with Gasteiger partial charge in [0.1, 0.15) is 0 Å². The molecule has 0 spiro atoms. The van der Waals surface area contributed by atoms with Crippen LogP contribution in [0, 0.1) is 0 Å². The van der Waals surface area contributed by atoms with Crippen LogP contribution in [0.4, 0.5) is 0 Å². The molecule has 0 amide bonds. The predicted octanol–water partition coefficient (Wildman–Crippen LogP) is 1.67. The Bertz CT molecular complexity index is 610. The summed E-state index contributed by atoms with van der Waals surface area (Å²) >= 11 is 0. The zero-order valence-corrected chi connectivity index (χ0v) is 13.5. The van der Waals surface area contributed by atoms with Crippen LogP contribution in [-0.4, -0.2) is 45.9 Å². The summed E-state index contributed by atoms with van der Waals surface area (Å²) in [7, 11) is 4.95. The van der Waals surface area contributed by atoms with Gasteiger partial charge in [0.25, 0.3) is 0 Å². The maximum atomic E-state index is 5.61. The first-order valence-electron chi connectivity index (χ1n) is 7.47. The van der Waals surface area contributed by atoms with Gasteiger partial charge in [-0.05, 0) is 31.5 Å². The average molecular weight is 307 g/mol. The summed E-state index contributed by atoms with van der Waals surface area (Å²) in [6.07, 6.45) is 1.89. The highest BCUT2D eigenvalue weighted by Gasteiger charge is 2.19. The van der Waals surface area contributed by atoms with Crippen LogP contribution in [-0.2, 0) is 6.42 Å². The fraction of sp³-hybridized carbons (Fsp3) is 0.500. The van der Waals surface area contributed by atoms with Crippen molar-refractivity contribution in [1.29, 1.82) is 0 Å². The number of methoxy groups -OCH3 is 3. The number of aromatic nitrogens is 1. The Morgan fingerprint density at radius 1 is 1.05 bits per heavy atom. The fourth-order valence-corrected chi connectivity index (χ4v) is 2.65. The summed E-state index contributed by atoms with van der Waals surface area (Å²) in [5, 5.41) is 4.22. The molecule has 6 heteroatoms. The highest BCUT2D eigenvalue weighted by Crippen LogP contribution is 2.42. The number of hydrogen-bond acceptors (Lipinski definition) is 5. The third-order valence-electron chi connectivity index (χ3n) is 3.64. The van der Waals surface area contributed by atoms with Gasteiger partial charge in [-0.25, -0.2) is 0 Å². The van der Waals surface area contributed by atoms with Crippen LogP contribution >= 0.6 is 0 Å². The Morgan fingerprint density at radius 2 is 1.82 bits per heavy atom. The van der Waals surface area contributed by atoms with Crippen LogP contribution in [0.5, 0.6) is 17.2 Å². The number of ether oxygens (including phenoxy) is 3. The maximum absolute atomic E-state index is 5.61. The summed E-state index contributed by atoms with van der Waals surface area (Å²) < 4.78 is 16.5. The molecule has 0 aliphatic rings. The molecule has 0 radical (unpaired) electrons. The minimum Gasteiger partial charge on any atom is -0.494 e. The molecule has 0 unspecified atom stereocenters. The lowest BCUT2D eigenvalue weighted by atomic mass is 10.1. The van der Waals surface area contributed by atoms with Gasteiger partial charge in [-0.2, -0.15) is 0 Å². The molecule has 0 aliphatic heterocycles. The van der Waals surface area contributed by atoms with E-state index >= 15 is 0 Å². The molecule has 4 N–H and O–H groups in total. The van der Waals surface area contributed by atoms with Gasteiger partial charge in [-0.15, -0.1) is 0 Å². The topological polar surface area (TPSA) is 81.5 Å². The molecule has 1 aromatic carbocycles. The van der Waals surface area contributed by atoms with Crippen molar-refractivity contribution in [2.75, 3.05) is 41.0 Å². The fourth-order valence-electron chi connectivity index (χ4n) is 2.65. The molecule has 6 nitrogen and oxygen atoms in total. The van der Waals surface area contributed by atoms with Crippen molar-refractivity contribution in [2.24, 2.45) is 5.73 Å². The zero-order chi connectivity index (χ0) is 15.9. The van der Waals surface area contributed by atoms with Crippen molar-refractivity contribution >= 4 is 10.9 Å². The lowest BCUT2D eigenvalue weighted by Gasteiger charge is -2.10. The molecular formula is C16H25N3O3. The van der Waals surface area contributed by atoms with E-state index in [1.54, 1.807) is 21.3 Å². The third-order valence-corrected chi connectivity index (χ3v) is 3.64. The first kappa shape index (κ1) is 16.5. The van der Waals surface area contributed by atoms with Crippen LogP contribution < -0.4 is 25.3 Å². The molecule has 2 rings (SSSR count). The van der Waals surface area contributed by atoms with Crippen molar-refractivity contribution in [1.82, 2.24) is 10.3 Å². The van der Waals surface area contributed by atoms with E-state index < -0.39 is 0 Å². The van der Waals surface area contributed by atoms with E-state index in [0.29, 0.717) is 18.0 Å². The number of H-pyrrole nitrogens is 1. The molecule has 2 aromatic rings. The molecule has 122 valence electrons. The number of hydrogen-bond donors (Lipinski definition) is 3. The monoisotopic (exact) mass is 307 g/mol. The number of fused-ring (bicyclic) bond motifs is 1. The Hall–Kier alpha value is -1.92. The van der Waals surface area contributed by atoms with Gasteiger partial charge >= 0.3 is 0 Å². The molecule has 0 aliphatic carbocycles. The van der Waals surface area contributed by atoms with Crippen molar-refractivity contribution in [2.45, 2.75) is 12.8 Å². The number of nitrogens with one attached hydrogen (secondary N) is 2. The van der Waals surface area contributed by atoms with Crippen molar-refractivity contribution in [3.8, 4) is 17.2 Å². The van der Waals surface area contributed by atoms with Crippen LogP contribution in [0.2, 0.25) is 0 Å². The average Bonchev–Trinajstić information content (AvgIpc) is 2.91. The summed E-state index contributed by atoms with van der Waals surface area (Å²) in [5.74, 6) is 2.22. The van der Waals surface area contributed by atoms with E-state index in [4.69, 9.17) is 19.9 Å². The van der Waals surface area contributed by atoms with Crippen LogP contribution in [0.3, 0.4) is 0 Å². The smallest absolute Gasteiger partial charge is 0.173 e. The van der Waals surface area contributed by atoms with Gasteiger partial charge in [0.15, 0.2) is 17.2 Å². The number of nitrogens with two attached hydrogens (primary N) is 1. The minimum absolute atomic E-state index is 0.659. The van der Waals surface area contributed by atoms with Gasteiger partial charge in [0, 0.05) is 13.1 Å².